The molecule has 1 aliphatic rings. The van der Waals surface area contributed by atoms with Crippen LogP contribution in [0.5, 0.6) is 0 Å². The molecule has 0 fully saturated rings. The van der Waals surface area contributed by atoms with Crippen molar-refractivity contribution in [3.05, 3.63) is 40.9 Å². The number of hydrogen-bond donors (Lipinski definition) is 1. The molecule has 1 atom stereocenters. The van der Waals surface area contributed by atoms with Crippen molar-refractivity contribution < 1.29 is 9.59 Å². The van der Waals surface area contributed by atoms with Crippen LogP contribution in [0.4, 0.5) is 10.8 Å². The Labute approximate surface area is 126 Å². The van der Waals surface area contributed by atoms with E-state index in [1.165, 1.54) is 23.8 Å². The lowest BCUT2D eigenvalue weighted by molar-refractivity contribution is -0.114. The first-order valence-corrected chi connectivity index (χ1v) is 7.59. The van der Waals surface area contributed by atoms with E-state index in [4.69, 9.17) is 0 Å². The van der Waals surface area contributed by atoms with Crippen molar-refractivity contribution in [3.8, 4) is 0 Å². The van der Waals surface area contributed by atoms with Crippen LogP contribution in [0.15, 0.2) is 29.6 Å². The Hall–Kier alpha value is -2.21. The molecule has 1 unspecified atom stereocenters. The van der Waals surface area contributed by atoms with E-state index >= 15 is 0 Å². The van der Waals surface area contributed by atoms with E-state index < -0.39 is 0 Å². The molecule has 1 N–H and O–H groups in total. The Kier molecular flexibility index (Phi) is 3.47. The largest absolute Gasteiger partial charge is 0.304 e. The van der Waals surface area contributed by atoms with Crippen molar-refractivity contribution in [3.63, 3.8) is 0 Å². The van der Waals surface area contributed by atoms with E-state index in [1.54, 1.807) is 10.3 Å². The van der Waals surface area contributed by atoms with Gasteiger partial charge in [0.1, 0.15) is 5.69 Å². The van der Waals surface area contributed by atoms with Crippen molar-refractivity contribution in [2.75, 3.05) is 10.2 Å². The fraction of sp³-hybridized carbons (Fsp3) is 0.267. The van der Waals surface area contributed by atoms with Crippen molar-refractivity contribution >= 4 is 34.0 Å². The molecule has 0 bridgehead atoms. The van der Waals surface area contributed by atoms with Gasteiger partial charge in [-0.2, -0.15) is 0 Å². The van der Waals surface area contributed by atoms with Gasteiger partial charge in [-0.25, -0.2) is 4.98 Å². The minimum atomic E-state index is -0.191. The maximum absolute atomic E-state index is 12.7. The van der Waals surface area contributed by atoms with E-state index in [2.05, 4.69) is 10.3 Å². The van der Waals surface area contributed by atoms with Gasteiger partial charge >= 0.3 is 0 Å². The van der Waals surface area contributed by atoms with Gasteiger partial charge < -0.3 is 10.2 Å². The number of nitrogens with zero attached hydrogens (tertiary/aromatic N) is 2. The third-order valence-electron chi connectivity index (χ3n) is 3.43. The van der Waals surface area contributed by atoms with Gasteiger partial charge in [-0.05, 0) is 25.0 Å². The minimum absolute atomic E-state index is 0.112. The number of nitrogens with one attached hydrogen (secondary N) is 1. The number of carbonyl (C=O) groups is 2. The molecule has 0 spiro atoms. The average molecular weight is 301 g/mol. The number of hydrogen-bond acceptors (Lipinski definition) is 4. The monoisotopic (exact) mass is 301 g/mol. The number of thiazole rings is 1. The summed E-state index contributed by atoms with van der Waals surface area (Å²) in [5, 5.41) is 4.73. The Morgan fingerprint density at radius 1 is 1.38 bits per heavy atom. The Bertz CT molecular complexity index is 710. The van der Waals surface area contributed by atoms with E-state index in [0.717, 1.165) is 12.1 Å². The molecule has 108 valence electrons. The number of benzene rings is 1. The third kappa shape index (κ3) is 2.54. The van der Waals surface area contributed by atoms with Gasteiger partial charge in [0.05, 0.1) is 0 Å². The lowest BCUT2D eigenvalue weighted by Gasteiger charge is -2.21. The zero-order valence-corrected chi connectivity index (χ0v) is 12.6. The summed E-state index contributed by atoms with van der Waals surface area (Å²) in [5.41, 5.74) is 2.49. The highest BCUT2D eigenvalue weighted by Crippen LogP contribution is 2.33. The van der Waals surface area contributed by atoms with Gasteiger partial charge in [0, 0.05) is 24.0 Å². The number of anilines is 2. The summed E-state index contributed by atoms with van der Waals surface area (Å²) in [6, 6.07) is 8.03. The fourth-order valence-electron chi connectivity index (χ4n) is 2.58. The van der Waals surface area contributed by atoms with Crippen LogP contribution in [-0.4, -0.2) is 22.8 Å². The highest BCUT2D eigenvalue weighted by molar-refractivity contribution is 7.14. The molecule has 2 heterocycles. The molecule has 0 saturated carbocycles. The molecule has 0 radical (unpaired) electrons. The van der Waals surface area contributed by atoms with Crippen LogP contribution < -0.4 is 10.2 Å². The number of carbonyl (C=O) groups excluding carboxylic acids is 2. The Morgan fingerprint density at radius 2 is 2.14 bits per heavy atom. The van der Waals surface area contributed by atoms with Crippen molar-refractivity contribution in [1.29, 1.82) is 0 Å². The second kappa shape index (κ2) is 5.29. The van der Waals surface area contributed by atoms with Gasteiger partial charge in [0.25, 0.3) is 5.91 Å². The predicted octanol–water partition coefficient (Wildman–Crippen LogP) is 2.69. The van der Waals surface area contributed by atoms with Crippen LogP contribution >= 0.6 is 11.3 Å². The predicted molar refractivity (Wildman–Crippen MR) is 82.8 cm³/mol. The van der Waals surface area contributed by atoms with Crippen LogP contribution in [0.2, 0.25) is 0 Å². The first kappa shape index (κ1) is 13.8. The first-order chi connectivity index (χ1) is 10.1. The number of para-hydroxylation sites is 1. The highest BCUT2D eigenvalue weighted by Gasteiger charge is 2.32. The molecule has 0 aliphatic carbocycles. The summed E-state index contributed by atoms with van der Waals surface area (Å²) in [4.78, 5) is 29.7. The van der Waals surface area contributed by atoms with Crippen LogP contribution in [0.25, 0.3) is 0 Å². The first-order valence-electron chi connectivity index (χ1n) is 6.71. The van der Waals surface area contributed by atoms with Gasteiger partial charge in [0.2, 0.25) is 5.91 Å². The number of rotatable bonds is 2. The van der Waals surface area contributed by atoms with E-state index in [9.17, 15) is 9.59 Å². The van der Waals surface area contributed by atoms with Gasteiger partial charge in [0.15, 0.2) is 5.13 Å². The molecule has 3 rings (SSSR count). The summed E-state index contributed by atoms with van der Waals surface area (Å²) in [6.07, 6.45) is 0.852. The van der Waals surface area contributed by atoms with E-state index in [1.807, 2.05) is 31.2 Å². The summed E-state index contributed by atoms with van der Waals surface area (Å²) < 4.78 is 0. The maximum Gasteiger partial charge on any atom is 0.278 e. The van der Waals surface area contributed by atoms with E-state index in [0.29, 0.717) is 10.8 Å². The smallest absolute Gasteiger partial charge is 0.278 e. The summed E-state index contributed by atoms with van der Waals surface area (Å²) in [7, 11) is 0. The third-order valence-corrected chi connectivity index (χ3v) is 4.19. The molecule has 0 saturated heterocycles. The average Bonchev–Trinajstić information content (AvgIpc) is 3.00. The molecule has 21 heavy (non-hydrogen) atoms. The Morgan fingerprint density at radius 3 is 2.90 bits per heavy atom. The number of fused-ring (bicyclic) bond motifs is 1. The normalized spacial score (nSPS) is 16.7. The van der Waals surface area contributed by atoms with Crippen molar-refractivity contribution in [2.45, 2.75) is 26.3 Å². The van der Waals surface area contributed by atoms with Gasteiger partial charge in [-0.15, -0.1) is 11.3 Å². The number of aromatic nitrogens is 1. The molecular weight excluding hydrogens is 286 g/mol. The molecule has 1 aromatic heterocycles. The number of amides is 2. The van der Waals surface area contributed by atoms with Crippen LogP contribution in [-0.2, 0) is 11.2 Å². The van der Waals surface area contributed by atoms with Crippen LogP contribution in [0.3, 0.4) is 0 Å². The summed E-state index contributed by atoms with van der Waals surface area (Å²) in [6.45, 7) is 3.45. The molecule has 2 aromatic rings. The molecule has 1 aliphatic heterocycles. The van der Waals surface area contributed by atoms with Crippen molar-refractivity contribution in [1.82, 2.24) is 4.98 Å². The van der Waals surface area contributed by atoms with E-state index in [-0.39, 0.29) is 17.9 Å². The lowest BCUT2D eigenvalue weighted by atomic mass is 10.1. The molecular formula is C15H15N3O2S. The highest BCUT2D eigenvalue weighted by atomic mass is 32.1. The van der Waals surface area contributed by atoms with Crippen molar-refractivity contribution in [2.24, 2.45) is 0 Å². The summed E-state index contributed by atoms with van der Waals surface area (Å²) in [5.74, 6) is -0.316. The van der Waals surface area contributed by atoms with Gasteiger partial charge in [-0.1, -0.05) is 18.2 Å². The quantitative estimate of drug-likeness (QED) is 0.927. The second-order valence-corrected chi connectivity index (χ2v) is 5.93. The maximum atomic E-state index is 12.7. The SMILES string of the molecule is CC(=O)Nc1nc(C(=O)N2c3ccccc3CC2C)cs1. The Balaban J connectivity index is 1.88. The standard InChI is InChI=1S/C15H15N3O2S/c1-9-7-11-5-3-4-6-13(11)18(9)14(20)12-8-21-15(17-12)16-10(2)19/h3-6,8-9H,7H2,1-2H3,(H,16,17,19). The molecule has 5 nitrogen and oxygen atoms in total. The topological polar surface area (TPSA) is 62.3 Å². The molecule has 2 amide bonds. The molecule has 1 aromatic carbocycles. The zero-order valence-electron chi connectivity index (χ0n) is 11.8. The van der Waals surface area contributed by atoms with Gasteiger partial charge in [-0.3, -0.25) is 9.59 Å². The fourth-order valence-corrected chi connectivity index (χ4v) is 3.31. The second-order valence-electron chi connectivity index (χ2n) is 5.08. The van der Waals surface area contributed by atoms with Crippen LogP contribution in [0, 0.1) is 0 Å². The minimum Gasteiger partial charge on any atom is -0.304 e. The summed E-state index contributed by atoms with van der Waals surface area (Å²) >= 11 is 1.26. The lowest BCUT2D eigenvalue weighted by Crippen LogP contribution is -2.35. The molecule has 6 heteroatoms. The zero-order chi connectivity index (χ0) is 15.0. The van der Waals surface area contributed by atoms with Crippen LogP contribution in [0.1, 0.15) is 29.9 Å².